The number of ether oxygens (including phenoxy) is 2. The molecule has 3 aliphatic carbocycles. The fourth-order valence-electron chi connectivity index (χ4n) is 7.71. The number of aliphatic hydroxyl groups is 3. The number of rotatable bonds is 13. The topological polar surface area (TPSA) is 130 Å². The highest BCUT2D eigenvalue weighted by atomic mass is 16.6. The van der Waals surface area contributed by atoms with Crippen LogP contribution in [0.1, 0.15) is 119 Å². The Balaban J connectivity index is 2.06. The highest BCUT2D eigenvalue weighted by Gasteiger charge is 2.74. The Morgan fingerprint density at radius 2 is 1.55 bits per heavy atom. The number of Topliss-reactive ketones (excluding diaryl/α,β-unsaturated/α-hetero) is 1. The lowest BCUT2D eigenvalue weighted by Gasteiger charge is -2.49. The second-order valence-corrected chi connectivity index (χ2v) is 13.7. The lowest BCUT2D eigenvalue weighted by atomic mass is 9.59. The number of fused-ring (bicyclic) bond motifs is 1. The first-order chi connectivity index (χ1) is 19.7. The Morgan fingerprint density at radius 3 is 2.17 bits per heavy atom. The van der Waals surface area contributed by atoms with Gasteiger partial charge in [0.25, 0.3) is 0 Å². The highest BCUT2D eigenvalue weighted by molar-refractivity contribution is 5.95. The van der Waals surface area contributed by atoms with Crippen molar-refractivity contribution in [1.82, 2.24) is 0 Å². The van der Waals surface area contributed by atoms with Gasteiger partial charge in [-0.25, -0.2) is 0 Å². The number of hydrogen-bond acceptors (Lipinski definition) is 8. The van der Waals surface area contributed by atoms with Crippen LogP contribution in [-0.2, 0) is 23.9 Å². The Morgan fingerprint density at radius 1 is 0.976 bits per heavy atom. The Hall–Kier alpha value is -2.03. The van der Waals surface area contributed by atoms with Gasteiger partial charge in [-0.05, 0) is 50.2 Å². The van der Waals surface area contributed by atoms with Crippen LogP contribution in [0.4, 0.5) is 0 Å². The number of esters is 2. The van der Waals surface area contributed by atoms with Crippen LogP contribution < -0.4 is 0 Å². The Bertz CT molecular complexity index is 1080. The molecule has 1 spiro atoms. The third-order valence-corrected chi connectivity index (χ3v) is 10.6. The van der Waals surface area contributed by atoms with Crippen molar-refractivity contribution in [2.45, 2.75) is 143 Å². The lowest BCUT2D eigenvalue weighted by molar-refractivity contribution is -0.204. The summed E-state index contributed by atoms with van der Waals surface area (Å²) in [6.45, 7) is 12.7. The van der Waals surface area contributed by atoms with Crippen LogP contribution in [0, 0.1) is 22.7 Å². The fourth-order valence-corrected chi connectivity index (χ4v) is 7.71. The summed E-state index contributed by atoms with van der Waals surface area (Å²) in [5.74, 6) is -2.69. The van der Waals surface area contributed by atoms with Crippen LogP contribution in [0.5, 0.6) is 0 Å². The van der Waals surface area contributed by atoms with E-state index in [9.17, 15) is 29.7 Å². The number of unbranched alkanes of at least 4 members (excludes halogenated alkanes) is 6. The van der Waals surface area contributed by atoms with Gasteiger partial charge in [-0.15, -0.1) is 0 Å². The van der Waals surface area contributed by atoms with Gasteiger partial charge in [-0.3, -0.25) is 14.4 Å². The van der Waals surface area contributed by atoms with E-state index in [0.717, 1.165) is 44.9 Å². The van der Waals surface area contributed by atoms with E-state index in [1.807, 2.05) is 34.6 Å². The summed E-state index contributed by atoms with van der Waals surface area (Å²) in [4.78, 5) is 40.9. The molecule has 8 nitrogen and oxygen atoms in total. The minimum atomic E-state index is -2.25. The maximum absolute atomic E-state index is 14.8. The van der Waals surface area contributed by atoms with Crippen molar-refractivity contribution in [3.8, 4) is 0 Å². The normalized spacial score (nSPS) is 35.4. The molecule has 3 rings (SSSR count). The molecule has 1 fully saturated rings. The molecule has 42 heavy (non-hydrogen) atoms. The van der Waals surface area contributed by atoms with Crippen molar-refractivity contribution in [1.29, 1.82) is 0 Å². The van der Waals surface area contributed by atoms with Crippen LogP contribution in [0.25, 0.3) is 0 Å². The van der Waals surface area contributed by atoms with E-state index in [-0.39, 0.29) is 36.6 Å². The van der Waals surface area contributed by atoms with Crippen LogP contribution in [0.3, 0.4) is 0 Å². The molecular weight excluding hydrogens is 536 g/mol. The van der Waals surface area contributed by atoms with Crippen molar-refractivity contribution < 1.29 is 39.2 Å². The molecule has 0 aromatic heterocycles. The predicted molar refractivity (Wildman–Crippen MR) is 160 cm³/mol. The molecule has 2 bridgehead atoms. The maximum atomic E-state index is 14.8. The molecule has 0 heterocycles. The second kappa shape index (κ2) is 13.3. The molecule has 0 aromatic rings. The molecule has 0 amide bonds. The zero-order valence-corrected chi connectivity index (χ0v) is 26.8. The Labute approximate surface area is 251 Å². The summed E-state index contributed by atoms with van der Waals surface area (Å²) in [5.41, 5.74) is -5.40. The number of aliphatic hydroxyl groups excluding tert-OH is 2. The van der Waals surface area contributed by atoms with Crippen molar-refractivity contribution in [2.75, 3.05) is 6.61 Å². The third kappa shape index (κ3) is 5.75. The van der Waals surface area contributed by atoms with Crippen LogP contribution in [0.15, 0.2) is 23.3 Å². The van der Waals surface area contributed by atoms with Gasteiger partial charge in [0.15, 0.2) is 17.5 Å². The number of hydrogen-bond donors (Lipinski definition) is 3. The molecule has 0 saturated heterocycles. The summed E-state index contributed by atoms with van der Waals surface area (Å²) < 4.78 is 12.1. The van der Waals surface area contributed by atoms with Crippen molar-refractivity contribution in [3.05, 3.63) is 23.3 Å². The first-order valence-corrected chi connectivity index (χ1v) is 16.0. The van der Waals surface area contributed by atoms with Crippen LogP contribution >= 0.6 is 0 Å². The van der Waals surface area contributed by atoms with Gasteiger partial charge in [0.2, 0.25) is 0 Å². The maximum Gasteiger partial charge on any atom is 0.306 e. The van der Waals surface area contributed by atoms with Crippen molar-refractivity contribution in [3.63, 3.8) is 0 Å². The van der Waals surface area contributed by atoms with E-state index in [2.05, 4.69) is 6.92 Å². The molecule has 0 aliphatic heterocycles. The lowest BCUT2D eigenvalue weighted by Crippen LogP contribution is -2.65. The fraction of sp³-hybridized carbons (Fsp3) is 0.794. The van der Waals surface area contributed by atoms with Crippen LogP contribution in [0.2, 0.25) is 0 Å². The van der Waals surface area contributed by atoms with Gasteiger partial charge in [0, 0.05) is 24.2 Å². The van der Waals surface area contributed by atoms with Gasteiger partial charge in [-0.2, -0.15) is 0 Å². The summed E-state index contributed by atoms with van der Waals surface area (Å²) >= 11 is 0. The van der Waals surface area contributed by atoms with Gasteiger partial charge < -0.3 is 24.8 Å². The number of carbonyl (C=O) groups excluding carboxylic acids is 3. The van der Waals surface area contributed by atoms with Gasteiger partial charge in [-0.1, -0.05) is 85.3 Å². The monoisotopic (exact) mass is 590 g/mol. The highest BCUT2D eigenvalue weighted by Crippen LogP contribution is 2.64. The smallest absolute Gasteiger partial charge is 0.306 e. The first-order valence-electron chi connectivity index (χ1n) is 16.0. The standard InChI is InChI=1S/C34H54O8/c1-8-10-12-13-15-17-27(37)42-32(7)20-23(4)33-19-22(3)30(41-26(36)16-14-11-9-2)34(33,40)28(38)24(21-35)18-25(29(33)39)31(32,5)6/h18-19,23,25,28,30,35,38,40H,8-17,20-21H2,1-7H3/t23-,25?,28?,30?,32-,33?,34?/m1/s1. The number of allylic oxidation sites excluding steroid dienone is 1. The average molecular weight is 591 g/mol. The van der Waals surface area contributed by atoms with Gasteiger partial charge in [0.1, 0.15) is 11.7 Å². The van der Waals surface area contributed by atoms with Crippen molar-refractivity contribution in [2.24, 2.45) is 22.7 Å². The van der Waals surface area contributed by atoms with Gasteiger partial charge in [0.05, 0.1) is 12.0 Å². The molecule has 238 valence electrons. The second-order valence-electron chi connectivity index (χ2n) is 13.7. The van der Waals surface area contributed by atoms with E-state index in [4.69, 9.17) is 9.47 Å². The third-order valence-electron chi connectivity index (χ3n) is 10.6. The SMILES string of the molecule is CCCCCCCC(=O)O[C@]1(C)C[C@@H](C)C23C=C(C)C(OC(=O)CCCCC)C2(O)C(O)C(CO)=CC(C3=O)C1(C)C. The zero-order valence-electron chi connectivity index (χ0n) is 26.8. The Kier molecular flexibility index (Phi) is 10.9. The molecule has 5 unspecified atom stereocenters. The predicted octanol–water partition coefficient (Wildman–Crippen LogP) is 5.36. The van der Waals surface area contributed by atoms with E-state index in [1.165, 1.54) is 0 Å². The molecule has 3 aliphatic rings. The van der Waals surface area contributed by atoms with Crippen LogP contribution in [-0.4, -0.2) is 63.1 Å². The van der Waals surface area contributed by atoms with Gasteiger partial charge >= 0.3 is 11.9 Å². The summed E-state index contributed by atoms with van der Waals surface area (Å²) in [6, 6.07) is 0. The van der Waals surface area contributed by atoms with E-state index in [1.54, 1.807) is 19.1 Å². The minimum Gasteiger partial charge on any atom is -0.459 e. The molecule has 8 heteroatoms. The molecule has 1 saturated carbocycles. The summed E-state index contributed by atoms with van der Waals surface area (Å²) in [7, 11) is 0. The molecular formula is C34H54O8. The van der Waals surface area contributed by atoms with E-state index >= 15 is 0 Å². The number of ketones is 1. The minimum absolute atomic E-state index is 0.0830. The molecule has 0 aromatic carbocycles. The molecule has 0 radical (unpaired) electrons. The molecule has 7 atom stereocenters. The van der Waals surface area contributed by atoms with E-state index < -0.39 is 58.7 Å². The average Bonchev–Trinajstić information content (AvgIpc) is 3.09. The number of carbonyl (C=O) groups is 3. The largest absolute Gasteiger partial charge is 0.459 e. The summed E-state index contributed by atoms with van der Waals surface area (Å²) in [5, 5.41) is 34.7. The summed E-state index contributed by atoms with van der Waals surface area (Å²) in [6.07, 6.45) is 8.34. The quantitative estimate of drug-likeness (QED) is 0.148. The molecule has 3 N–H and O–H groups in total. The first kappa shape index (κ1) is 34.5. The zero-order chi connectivity index (χ0) is 31.5. The van der Waals surface area contributed by atoms with E-state index in [0.29, 0.717) is 12.0 Å². The van der Waals surface area contributed by atoms with Crippen molar-refractivity contribution >= 4 is 17.7 Å².